The van der Waals surface area contributed by atoms with Gasteiger partial charge < -0.3 is 5.32 Å². The van der Waals surface area contributed by atoms with Crippen LogP contribution < -0.4 is 5.32 Å². The van der Waals surface area contributed by atoms with Gasteiger partial charge in [-0.25, -0.2) is 0 Å². The van der Waals surface area contributed by atoms with Crippen LogP contribution in [0, 0.1) is 11.8 Å². The van der Waals surface area contributed by atoms with E-state index in [4.69, 9.17) is 0 Å². The first-order valence-electron chi connectivity index (χ1n) is 7.43. The van der Waals surface area contributed by atoms with Crippen molar-refractivity contribution in [2.45, 2.75) is 52.0 Å². The van der Waals surface area contributed by atoms with Crippen LogP contribution in [0.4, 0.5) is 0 Å². The van der Waals surface area contributed by atoms with E-state index < -0.39 is 0 Å². The van der Waals surface area contributed by atoms with E-state index in [0.29, 0.717) is 0 Å². The zero-order valence-corrected chi connectivity index (χ0v) is 14.0. The predicted octanol–water partition coefficient (Wildman–Crippen LogP) is 4.80. The molecule has 1 nitrogen and oxygen atoms in total. The molecule has 19 heavy (non-hydrogen) atoms. The Kier molecular flexibility index (Phi) is 5.08. The third kappa shape index (κ3) is 4.92. The standard InChI is InChI=1S/C17H26BrN/c1-17(2,3)19-12-15(14-5-4-6-14)11-13-7-9-16(18)10-8-13/h7-10,14-15,19H,4-6,11-12H2,1-3H3. The van der Waals surface area contributed by atoms with Gasteiger partial charge in [-0.05, 0) is 63.3 Å². The van der Waals surface area contributed by atoms with E-state index in [-0.39, 0.29) is 5.54 Å². The molecule has 0 aromatic heterocycles. The normalized spacial score (nSPS) is 18.1. The summed E-state index contributed by atoms with van der Waals surface area (Å²) in [5.41, 5.74) is 1.69. The van der Waals surface area contributed by atoms with Gasteiger partial charge in [-0.2, -0.15) is 0 Å². The van der Waals surface area contributed by atoms with Gasteiger partial charge in [-0.1, -0.05) is 47.3 Å². The molecule has 0 heterocycles. The Bertz CT molecular complexity index is 387. The average Bonchev–Trinajstić information content (AvgIpc) is 2.25. The van der Waals surface area contributed by atoms with Crippen molar-refractivity contribution in [1.82, 2.24) is 5.32 Å². The van der Waals surface area contributed by atoms with Crippen LogP contribution in [0.3, 0.4) is 0 Å². The SMILES string of the molecule is CC(C)(C)NCC(Cc1ccc(Br)cc1)C1CCC1. The van der Waals surface area contributed by atoms with Gasteiger partial charge in [0.05, 0.1) is 0 Å². The molecule has 0 aliphatic heterocycles. The Morgan fingerprint density at radius 3 is 2.32 bits per heavy atom. The maximum atomic E-state index is 3.69. The van der Waals surface area contributed by atoms with Crippen LogP contribution in [0.2, 0.25) is 0 Å². The summed E-state index contributed by atoms with van der Waals surface area (Å²) in [6.07, 6.45) is 5.48. The van der Waals surface area contributed by atoms with Gasteiger partial charge in [0, 0.05) is 10.0 Å². The van der Waals surface area contributed by atoms with E-state index in [2.05, 4.69) is 66.3 Å². The molecule has 1 N–H and O–H groups in total. The highest BCUT2D eigenvalue weighted by Gasteiger charge is 2.28. The van der Waals surface area contributed by atoms with Gasteiger partial charge in [0.25, 0.3) is 0 Å². The molecule has 1 aromatic rings. The van der Waals surface area contributed by atoms with Crippen LogP contribution in [0.15, 0.2) is 28.7 Å². The highest BCUT2D eigenvalue weighted by molar-refractivity contribution is 9.10. The first kappa shape index (κ1) is 15.1. The Balaban J connectivity index is 1.95. The molecule has 0 saturated heterocycles. The highest BCUT2D eigenvalue weighted by Crippen LogP contribution is 2.35. The van der Waals surface area contributed by atoms with Crippen LogP contribution in [0.5, 0.6) is 0 Å². The Hall–Kier alpha value is -0.340. The lowest BCUT2D eigenvalue weighted by atomic mass is 9.73. The quantitative estimate of drug-likeness (QED) is 0.821. The number of benzene rings is 1. The summed E-state index contributed by atoms with van der Waals surface area (Å²) < 4.78 is 1.17. The second-order valence-corrected chi connectivity index (χ2v) is 7.83. The maximum Gasteiger partial charge on any atom is 0.0175 e. The minimum atomic E-state index is 0.224. The molecule has 1 aromatic carbocycles. The maximum absolute atomic E-state index is 3.69. The summed E-state index contributed by atoms with van der Waals surface area (Å²) >= 11 is 3.51. The third-order valence-electron chi connectivity index (χ3n) is 4.12. The molecule has 0 amide bonds. The molecule has 1 aliphatic rings. The topological polar surface area (TPSA) is 12.0 Å². The molecule has 0 spiro atoms. The van der Waals surface area contributed by atoms with Gasteiger partial charge in [0.15, 0.2) is 0 Å². The van der Waals surface area contributed by atoms with Gasteiger partial charge >= 0.3 is 0 Å². The molecule has 2 rings (SSSR count). The largest absolute Gasteiger partial charge is 0.312 e. The smallest absolute Gasteiger partial charge is 0.0175 e. The molecule has 1 atom stereocenters. The highest BCUT2D eigenvalue weighted by atomic mass is 79.9. The second kappa shape index (κ2) is 6.41. The third-order valence-corrected chi connectivity index (χ3v) is 4.65. The molecule has 1 unspecified atom stereocenters. The molecule has 0 radical (unpaired) electrons. The lowest BCUT2D eigenvalue weighted by Gasteiger charge is -2.36. The van der Waals surface area contributed by atoms with Crippen LogP contribution >= 0.6 is 15.9 Å². The molecule has 2 heteroatoms. The van der Waals surface area contributed by atoms with Crippen molar-refractivity contribution in [2.24, 2.45) is 11.8 Å². The van der Waals surface area contributed by atoms with Crippen molar-refractivity contribution in [3.05, 3.63) is 34.3 Å². The number of rotatable bonds is 5. The van der Waals surface area contributed by atoms with E-state index in [1.165, 1.54) is 35.7 Å². The van der Waals surface area contributed by atoms with E-state index in [9.17, 15) is 0 Å². The fraction of sp³-hybridized carbons (Fsp3) is 0.647. The fourth-order valence-electron chi connectivity index (χ4n) is 2.68. The summed E-state index contributed by atoms with van der Waals surface area (Å²) in [6, 6.07) is 8.83. The van der Waals surface area contributed by atoms with Crippen LogP contribution in [0.25, 0.3) is 0 Å². The number of hydrogen-bond acceptors (Lipinski definition) is 1. The number of halogens is 1. The van der Waals surface area contributed by atoms with Gasteiger partial charge in [-0.15, -0.1) is 0 Å². The lowest BCUT2D eigenvalue weighted by molar-refractivity contribution is 0.189. The van der Waals surface area contributed by atoms with Crippen LogP contribution in [-0.2, 0) is 6.42 Å². The summed E-state index contributed by atoms with van der Waals surface area (Å²) in [6.45, 7) is 7.91. The summed E-state index contributed by atoms with van der Waals surface area (Å²) in [4.78, 5) is 0. The Labute approximate surface area is 126 Å². The summed E-state index contributed by atoms with van der Waals surface area (Å²) in [5, 5.41) is 3.69. The average molecular weight is 324 g/mol. The van der Waals surface area contributed by atoms with Crippen molar-refractivity contribution < 1.29 is 0 Å². The molecule has 0 bridgehead atoms. The van der Waals surface area contributed by atoms with Crippen molar-refractivity contribution in [3.8, 4) is 0 Å². The number of nitrogens with one attached hydrogen (secondary N) is 1. The minimum Gasteiger partial charge on any atom is -0.312 e. The van der Waals surface area contributed by atoms with Crippen molar-refractivity contribution in [1.29, 1.82) is 0 Å². The van der Waals surface area contributed by atoms with Gasteiger partial charge in [-0.3, -0.25) is 0 Å². The van der Waals surface area contributed by atoms with Crippen molar-refractivity contribution >= 4 is 15.9 Å². The Morgan fingerprint density at radius 2 is 1.84 bits per heavy atom. The van der Waals surface area contributed by atoms with Gasteiger partial charge in [0.2, 0.25) is 0 Å². The van der Waals surface area contributed by atoms with Crippen LogP contribution in [0.1, 0.15) is 45.6 Å². The van der Waals surface area contributed by atoms with E-state index in [1.807, 2.05) is 0 Å². The molecule has 1 fully saturated rings. The van der Waals surface area contributed by atoms with E-state index in [0.717, 1.165) is 18.4 Å². The van der Waals surface area contributed by atoms with Crippen molar-refractivity contribution in [2.75, 3.05) is 6.54 Å². The number of hydrogen-bond donors (Lipinski definition) is 1. The molecule has 1 saturated carbocycles. The first-order valence-corrected chi connectivity index (χ1v) is 8.23. The zero-order valence-electron chi connectivity index (χ0n) is 12.4. The van der Waals surface area contributed by atoms with Gasteiger partial charge in [0.1, 0.15) is 0 Å². The zero-order chi connectivity index (χ0) is 13.9. The molecule has 106 valence electrons. The fourth-order valence-corrected chi connectivity index (χ4v) is 2.94. The summed E-state index contributed by atoms with van der Waals surface area (Å²) in [7, 11) is 0. The molecule has 1 aliphatic carbocycles. The van der Waals surface area contributed by atoms with E-state index >= 15 is 0 Å². The van der Waals surface area contributed by atoms with Crippen molar-refractivity contribution in [3.63, 3.8) is 0 Å². The summed E-state index contributed by atoms with van der Waals surface area (Å²) in [5.74, 6) is 1.72. The van der Waals surface area contributed by atoms with Crippen LogP contribution in [-0.4, -0.2) is 12.1 Å². The monoisotopic (exact) mass is 323 g/mol. The molecular weight excluding hydrogens is 298 g/mol. The minimum absolute atomic E-state index is 0.224. The lowest BCUT2D eigenvalue weighted by Crippen LogP contribution is -2.42. The van der Waals surface area contributed by atoms with E-state index in [1.54, 1.807) is 0 Å². The first-order chi connectivity index (χ1) is 8.94. The molecular formula is C17H26BrN. The Morgan fingerprint density at radius 1 is 1.21 bits per heavy atom. The predicted molar refractivity (Wildman–Crippen MR) is 86.4 cm³/mol. The second-order valence-electron chi connectivity index (χ2n) is 6.91.